The molecule has 0 fully saturated rings. The van der Waals surface area contributed by atoms with Crippen LogP contribution in [0.25, 0.3) is 5.70 Å². The zero-order valence-corrected chi connectivity index (χ0v) is 14.1. The molecule has 5 heteroatoms. The Morgan fingerprint density at radius 1 is 1.36 bits per heavy atom. The molecule has 1 aromatic carbocycles. The van der Waals surface area contributed by atoms with Crippen LogP contribution in [-0.2, 0) is 4.74 Å². The van der Waals surface area contributed by atoms with Gasteiger partial charge in [-0.05, 0) is 51.3 Å². The Balaban J connectivity index is 2.35. The van der Waals surface area contributed by atoms with Crippen molar-refractivity contribution in [2.45, 2.75) is 39.7 Å². The maximum atomic E-state index is 13.6. The summed E-state index contributed by atoms with van der Waals surface area (Å²) >= 11 is 5.93. The van der Waals surface area contributed by atoms with E-state index in [0.29, 0.717) is 28.7 Å². The minimum atomic E-state index is -0.581. The molecule has 1 aliphatic rings. The van der Waals surface area contributed by atoms with Crippen molar-refractivity contribution in [3.05, 3.63) is 40.7 Å². The number of nitrogens with zero attached hydrogens (tertiary/aromatic N) is 1. The van der Waals surface area contributed by atoms with Crippen molar-refractivity contribution in [2.75, 3.05) is 6.54 Å². The highest BCUT2D eigenvalue weighted by Crippen LogP contribution is 2.31. The molecule has 1 aliphatic heterocycles. The minimum Gasteiger partial charge on any atom is -0.443 e. The van der Waals surface area contributed by atoms with Gasteiger partial charge in [-0.15, -0.1) is 0 Å². The van der Waals surface area contributed by atoms with Gasteiger partial charge in [0.15, 0.2) is 0 Å². The van der Waals surface area contributed by atoms with Gasteiger partial charge in [-0.25, -0.2) is 9.18 Å². The summed E-state index contributed by atoms with van der Waals surface area (Å²) in [7, 11) is 0. The second-order valence-corrected chi connectivity index (χ2v) is 7.12. The number of hydrogen-bond donors (Lipinski definition) is 0. The van der Waals surface area contributed by atoms with Crippen molar-refractivity contribution in [1.29, 1.82) is 0 Å². The Kier molecular flexibility index (Phi) is 4.81. The first kappa shape index (κ1) is 16.8. The molecule has 3 nitrogen and oxygen atoms in total. The summed E-state index contributed by atoms with van der Waals surface area (Å²) < 4.78 is 19.1. The summed E-state index contributed by atoms with van der Waals surface area (Å²) in [6.07, 6.45) is 2.33. The van der Waals surface area contributed by atoms with Crippen LogP contribution >= 0.6 is 11.6 Å². The molecule has 1 aromatic rings. The third-order valence-corrected chi connectivity index (χ3v) is 3.49. The molecule has 0 aliphatic carbocycles. The predicted molar refractivity (Wildman–Crippen MR) is 86.1 cm³/mol. The number of carbonyl (C=O) groups excluding carboxylic acids is 1. The summed E-state index contributed by atoms with van der Waals surface area (Å²) in [6.45, 7) is 8.06. The largest absolute Gasteiger partial charge is 0.443 e. The average molecular weight is 326 g/mol. The Labute approximate surface area is 135 Å². The molecule has 1 unspecified atom stereocenters. The number of ether oxygens (including phenoxy) is 1. The molecule has 1 heterocycles. The minimum absolute atomic E-state index is 0.304. The molecule has 0 bridgehead atoms. The van der Waals surface area contributed by atoms with Gasteiger partial charge in [-0.3, -0.25) is 4.90 Å². The van der Waals surface area contributed by atoms with Gasteiger partial charge in [0.05, 0.1) is 5.70 Å². The van der Waals surface area contributed by atoms with Gasteiger partial charge in [0.2, 0.25) is 0 Å². The smallest absolute Gasteiger partial charge is 0.414 e. The van der Waals surface area contributed by atoms with Crippen LogP contribution in [0.5, 0.6) is 0 Å². The van der Waals surface area contributed by atoms with Crippen LogP contribution < -0.4 is 0 Å². The third kappa shape index (κ3) is 4.23. The zero-order valence-electron chi connectivity index (χ0n) is 13.3. The van der Waals surface area contributed by atoms with E-state index in [9.17, 15) is 9.18 Å². The molecule has 2 rings (SSSR count). The highest BCUT2D eigenvalue weighted by Gasteiger charge is 2.29. The quantitative estimate of drug-likeness (QED) is 0.719. The van der Waals surface area contributed by atoms with Gasteiger partial charge >= 0.3 is 6.09 Å². The summed E-state index contributed by atoms with van der Waals surface area (Å²) in [6, 6.07) is 4.28. The number of carbonyl (C=O) groups is 1. The van der Waals surface area contributed by atoms with Gasteiger partial charge < -0.3 is 4.74 Å². The van der Waals surface area contributed by atoms with Gasteiger partial charge in [0.25, 0.3) is 0 Å². The fraction of sp³-hybridized carbons (Fsp3) is 0.471. The van der Waals surface area contributed by atoms with E-state index in [4.69, 9.17) is 16.3 Å². The summed E-state index contributed by atoms with van der Waals surface area (Å²) in [4.78, 5) is 14.0. The predicted octanol–water partition coefficient (Wildman–Crippen LogP) is 5.10. The maximum Gasteiger partial charge on any atom is 0.414 e. The first-order chi connectivity index (χ1) is 10.2. The van der Waals surface area contributed by atoms with Crippen LogP contribution in [-0.4, -0.2) is 23.1 Å². The summed E-state index contributed by atoms with van der Waals surface area (Å²) in [5.41, 5.74) is 0.652. The summed E-state index contributed by atoms with van der Waals surface area (Å²) in [5, 5.41) is 0.304. The lowest BCUT2D eigenvalue weighted by atomic mass is 9.98. The van der Waals surface area contributed by atoms with E-state index in [1.54, 1.807) is 11.0 Å². The molecule has 0 spiro atoms. The first-order valence-corrected chi connectivity index (χ1v) is 7.70. The fourth-order valence-corrected chi connectivity index (χ4v) is 2.59. The van der Waals surface area contributed by atoms with E-state index in [2.05, 4.69) is 6.92 Å². The second kappa shape index (κ2) is 6.29. The van der Waals surface area contributed by atoms with Crippen molar-refractivity contribution in [1.82, 2.24) is 4.90 Å². The van der Waals surface area contributed by atoms with Crippen molar-refractivity contribution < 1.29 is 13.9 Å². The lowest BCUT2D eigenvalue weighted by Crippen LogP contribution is -2.39. The molecule has 22 heavy (non-hydrogen) atoms. The standard InChI is InChI=1S/C17H21ClFNO2/c1-11-5-6-15(12-7-13(18)9-14(19)8-12)20(10-11)16(21)22-17(2,3)4/h6-9,11H,5,10H2,1-4H3. The average Bonchev–Trinajstić information content (AvgIpc) is 2.35. The molecule has 0 saturated heterocycles. The fourth-order valence-electron chi connectivity index (χ4n) is 2.37. The highest BCUT2D eigenvalue weighted by molar-refractivity contribution is 6.30. The Bertz CT molecular complexity index is 587. The molecule has 0 radical (unpaired) electrons. The maximum absolute atomic E-state index is 13.6. The third-order valence-electron chi connectivity index (χ3n) is 3.27. The molecule has 0 saturated carbocycles. The number of halogens is 2. The van der Waals surface area contributed by atoms with Crippen molar-refractivity contribution in [2.24, 2.45) is 5.92 Å². The SMILES string of the molecule is CC1CC=C(c2cc(F)cc(Cl)c2)N(C(=O)OC(C)(C)C)C1. The lowest BCUT2D eigenvalue weighted by Gasteiger charge is -2.34. The van der Waals surface area contributed by atoms with E-state index in [-0.39, 0.29) is 0 Å². The van der Waals surface area contributed by atoms with Crippen LogP contribution in [0.1, 0.15) is 39.7 Å². The van der Waals surface area contributed by atoms with Crippen LogP contribution in [0.3, 0.4) is 0 Å². The van der Waals surface area contributed by atoms with Crippen LogP contribution in [0.4, 0.5) is 9.18 Å². The molecule has 1 atom stereocenters. The Morgan fingerprint density at radius 3 is 2.64 bits per heavy atom. The second-order valence-electron chi connectivity index (χ2n) is 6.68. The van der Waals surface area contributed by atoms with Crippen LogP contribution in [0.15, 0.2) is 24.3 Å². The van der Waals surface area contributed by atoms with Crippen LogP contribution in [0, 0.1) is 11.7 Å². The highest BCUT2D eigenvalue weighted by atomic mass is 35.5. The molecular formula is C17H21ClFNO2. The molecule has 120 valence electrons. The van der Waals surface area contributed by atoms with Gasteiger partial charge in [-0.1, -0.05) is 24.6 Å². The molecule has 0 N–H and O–H groups in total. The van der Waals surface area contributed by atoms with E-state index < -0.39 is 17.5 Å². The monoisotopic (exact) mass is 325 g/mol. The molecule has 0 aromatic heterocycles. The number of rotatable bonds is 1. The Hall–Kier alpha value is -1.55. The van der Waals surface area contributed by atoms with Gasteiger partial charge in [0.1, 0.15) is 11.4 Å². The van der Waals surface area contributed by atoms with E-state index >= 15 is 0 Å². The number of amides is 1. The van der Waals surface area contributed by atoms with Gasteiger partial charge in [-0.2, -0.15) is 0 Å². The molecule has 1 amide bonds. The zero-order chi connectivity index (χ0) is 16.5. The van der Waals surface area contributed by atoms with E-state index in [1.165, 1.54) is 12.1 Å². The van der Waals surface area contributed by atoms with E-state index in [0.717, 1.165) is 6.42 Å². The van der Waals surface area contributed by atoms with Crippen molar-refractivity contribution in [3.63, 3.8) is 0 Å². The number of benzene rings is 1. The van der Waals surface area contributed by atoms with Crippen molar-refractivity contribution in [3.8, 4) is 0 Å². The van der Waals surface area contributed by atoms with Gasteiger partial charge in [0, 0.05) is 17.1 Å². The van der Waals surface area contributed by atoms with Crippen molar-refractivity contribution >= 4 is 23.4 Å². The Morgan fingerprint density at radius 2 is 2.05 bits per heavy atom. The lowest BCUT2D eigenvalue weighted by molar-refractivity contribution is 0.0327. The normalized spacial score (nSPS) is 18.9. The van der Waals surface area contributed by atoms with E-state index in [1.807, 2.05) is 26.8 Å². The topological polar surface area (TPSA) is 29.5 Å². The summed E-state index contributed by atoms with van der Waals surface area (Å²) in [5.74, 6) is -0.105. The first-order valence-electron chi connectivity index (χ1n) is 7.33. The number of allylic oxidation sites excluding steroid dienone is 1. The van der Waals surface area contributed by atoms with Crippen LogP contribution in [0.2, 0.25) is 5.02 Å². The molecular weight excluding hydrogens is 305 g/mol. The number of hydrogen-bond acceptors (Lipinski definition) is 2.